The zero-order valence-corrected chi connectivity index (χ0v) is 15.3. The highest BCUT2D eigenvalue weighted by Gasteiger charge is 2.33. The van der Waals surface area contributed by atoms with Gasteiger partial charge in [0.1, 0.15) is 18.1 Å². The van der Waals surface area contributed by atoms with Gasteiger partial charge in [0.25, 0.3) is 0 Å². The fraction of sp³-hybridized carbons (Fsp3) is 0.222. The molecule has 0 bridgehead atoms. The molecule has 7 nitrogen and oxygen atoms in total. The van der Waals surface area contributed by atoms with Gasteiger partial charge in [-0.05, 0) is 55.8 Å². The average Bonchev–Trinajstić information content (AvgIpc) is 2.55. The van der Waals surface area contributed by atoms with Crippen LogP contribution >= 0.6 is 11.6 Å². The molecule has 0 saturated heterocycles. The summed E-state index contributed by atoms with van der Waals surface area (Å²) in [6, 6.07) is 14.7. The van der Waals surface area contributed by atoms with Crippen molar-refractivity contribution < 1.29 is 9.57 Å². The zero-order valence-electron chi connectivity index (χ0n) is 14.5. The number of aliphatic imine (C=N–C) groups is 2. The molecule has 0 saturated carbocycles. The van der Waals surface area contributed by atoms with E-state index in [1.165, 1.54) is 5.06 Å². The molecule has 1 heterocycles. The number of ether oxygens (including phenoxy) is 1. The number of benzene rings is 2. The number of rotatable bonds is 5. The van der Waals surface area contributed by atoms with Crippen molar-refractivity contribution in [3.05, 3.63) is 59.1 Å². The highest BCUT2D eigenvalue weighted by atomic mass is 35.5. The van der Waals surface area contributed by atoms with Crippen LogP contribution in [-0.2, 0) is 11.4 Å². The van der Waals surface area contributed by atoms with Crippen molar-refractivity contribution in [1.29, 1.82) is 0 Å². The van der Waals surface area contributed by atoms with E-state index in [0.717, 1.165) is 5.56 Å². The van der Waals surface area contributed by atoms with Crippen molar-refractivity contribution in [2.45, 2.75) is 26.1 Å². The van der Waals surface area contributed by atoms with Crippen molar-refractivity contribution in [3.8, 4) is 11.5 Å². The number of hydrogen-bond donors (Lipinski definition) is 2. The van der Waals surface area contributed by atoms with E-state index in [4.69, 9.17) is 32.6 Å². The largest absolute Gasteiger partial charge is 0.457 e. The van der Waals surface area contributed by atoms with E-state index in [0.29, 0.717) is 16.5 Å². The second kappa shape index (κ2) is 7.23. The van der Waals surface area contributed by atoms with Gasteiger partial charge in [-0.2, -0.15) is 10.1 Å². The molecule has 2 aromatic carbocycles. The first-order valence-electron chi connectivity index (χ1n) is 7.98. The normalized spacial score (nSPS) is 16.0. The molecule has 0 fully saturated rings. The third-order valence-electron chi connectivity index (χ3n) is 3.63. The maximum absolute atomic E-state index is 5.91. The molecule has 0 aromatic heterocycles. The Hall–Kier alpha value is -2.77. The van der Waals surface area contributed by atoms with Gasteiger partial charge in [-0.1, -0.05) is 23.7 Å². The Morgan fingerprint density at radius 1 is 1.08 bits per heavy atom. The molecule has 0 spiro atoms. The first-order chi connectivity index (χ1) is 12.3. The molecule has 1 aliphatic heterocycles. The predicted molar refractivity (Wildman–Crippen MR) is 102 cm³/mol. The van der Waals surface area contributed by atoms with E-state index in [-0.39, 0.29) is 18.5 Å². The summed E-state index contributed by atoms with van der Waals surface area (Å²) in [7, 11) is 0. The molecule has 136 valence electrons. The van der Waals surface area contributed by atoms with Gasteiger partial charge in [0, 0.05) is 5.02 Å². The van der Waals surface area contributed by atoms with Crippen LogP contribution in [0.1, 0.15) is 19.4 Å². The molecule has 0 radical (unpaired) electrons. The maximum Gasteiger partial charge on any atom is 0.226 e. The summed E-state index contributed by atoms with van der Waals surface area (Å²) in [6.07, 6.45) is 0. The summed E-state index contributed by atoms with van der Waals surface area (Å²) in [5, 5.41) is 2.10. The van der Waals surface area contributed by atoms with Gasteiger partial charge in [-0.25, -0.2) is 4.99 Å². The van der Waals surface area contributed by atoms with Gasteiger partial charge in [0.2, 0.25) is 11.9 Å². The molecule has 0 amide bonds. The zero-order chi connectivity index (χ0) is 18.7. The number of guanidine groups is 2. The summed E-state index contributed by atoms with van der Waals surface area (Å²) in [5.41, 5.74) is 11.7. The fourth-order valence-corrected chi connectivity index (χ4v) is 2.62. The first-order valence-corrected chi connectivity index (χ1v) is 8.36. The number of hydroxylamine groups is 2. The molecule has 3 rings (SSSR count). The quantitative estimate of drug-likeness (QED) is 0.838. The van der Waals surface area contributed by atoms with Crippen LogP contribution in [0.25, 0.3) is 0 Å². The van der Waals surface area contributed by atoms with Crippen molar-refractivity contribution in [3.63, 3.8) is 0 Å². The van der Waals surface area contributed by atoms with E-state index >= 15 is 0 Å². The Bertz CT molecular complexity index is 849. The van der Waals surface area contributed by atoms with Crippen molar-refractivity contribution >= 4 is 23.5 Å². The summed E-state index contributed by atoms with van der Waals surface area (Å²) < 4.78 is 5.83. The maximum atomic E-state index is 5.91. The molecule has 8 heteroatoms. The van der Waals surface area contributed by atoms with Crippen LogP contribution in [0, 0.1) is 0 Å². The molecule has 26 heavy (non-hydrogen) atoms. The Morgan fingerprint density at radius 3 is 2.50 bits per heavy atom. The van der Waals surface area contributed by atoms with Crippen molar-refractivity contribution in [1.82, 2.24) is 5.06 Å². The number of hydrogen-bond acceptors (Lipinski definition) is 7. The van der Waals surface area contributed by atoms with Gasteiger partial charge in [0.15, 0.2) is 5.66 Å². The lowest BCUT2D eigenvalue weighted by atomic mass is 10.2. The number of nitrogens with two attached hydrogens (primary N) is 2. The highest BCUT2D eigenvalue weighted by molar-refractivity contribution is 6.30. The standard InChI is InChI=1S/C18H20ClN5O2/c1-18(2)23-16(20)22-17(21)24(18)25-11-12-4-3-5-15(10-12)26-14-8-6-13(19)7-9-14/h3-10H,11H2,1-2H3,(H4,20,21,22,23). The molecule has 2 aromatic rings. The molecule has 0 unspecified atom stereocenters. The molecular formula is C18H20ClN5O2. The topological polar surface area (TPSA) is 98.5 Å². The SMILES string of the molecule is CC1(C)N=C(N)N=C(N)N1OCc1cccc(Oc2ccc(Cl)cc2)c1. The van der Waals surface area contributed by atoms with Gasteiger partial charge < -0.3 is 16.2 Å². The minimum absolute atomic E-state index is 0.130. The van der Waals surface area contributed by atoms with Crippen LogP contribution in [0.2, 0.25) is 5.02 Å². The molecule has 4 N–H and O–H groups in total. The Morgan fingerprint density at radius 2 is 1.81 bits per heavy atom. The second-order valence-electron chi connectivity index (χ2n) is 6.21. The Balaban J connectivity index is 1.67. The summed E-state index contributed by atoms with van der Waals surface area (Å²) in [4.78, 5) is 14.0. The lowest BCUT2D eigenvalue weighted by molar-refractivity contribution is -0.166. The van der Waals surface area contributed by atoms with Crippen LogP contribution in [-0.4, -0.2) is 22.6 Å². The lowest BCUT2D eigenvalue weighted by Gasteiger charge is -2.36. The van der Waals surface area contributed by atoms with Gasteiger partial charge in [-0.3, -0.25) is 4.84 Å². The van der Waals surface area contributed by atoms with Crippen molar-refractivity contribution in [2.24, 2.45) is 21.5 Å². The number of halogens is 1. The third kappa shape index (κ3) is 4.25. The summed E-state index contributed by atoms with van der Waals surface area (Å²) in [6.45, 7) is 3.94. The van der Waals surface area contributed by atoms with Crippen molar-refractivity contribution in [2.75, 3.05) is 0 Å². The minimum atomic E-state index is -0.743. The first kappa shape index (κ1) is 18.0. The van der Waals surface area contributed by atoms with E-state index in [1.54, 1.807) is 24.3 Å². The lowest BCUT2D eigenvalue weighted by Crippen LogP contribution is -2.53. The van der Waals surface area contributed by atoms with E-state index in [1.807, 2.05) is 38.1 Å². The summed E-state index contributed by atoms with van der Waals surface area (Å²) in [5.74, 6) is 1.68. The number of nitrogens with zero attached hydrogens (tertiary/aromatic N) is 3. The van der Waals surface area contributed by atoms with Gasteiger partial charge >= 0.3 is 0 Å². The predicted octanol–water partition coefficient (Wildman–Crippen LogP) is 3.25. The monoisotopic (exact) mass is 373 g/mol. The summed E-state index contributed by atoms with van der Waals surface area (Å²) >= 11 is 5.89. The van der Waals surface area contributed by atoms with Crippen LogP contribution in [0.3, 0.4) is 0 Å². The van der Waals surface area contributed by atoms with E-state index < -0.39 is 5.66 Å². The second-order valence-corrected chi connectivity index (χ2v) is 6.64. The van der Waals surface area contributed by atoms with E-state index in [2.05, 4.69) is 9.98 Å². The average molecular weight is 374 g/mol. The Labute approximate surface area is 156 Å². The Kier molecular flexibility index (Phi) is 5.01. The third-order valence-corrected chi connectivity index (χ3v) is 3.88. The van der Waals surface area contributed by atoms with Crippen LogP contribution < -0.4 is 16.2 Å². The molecule has 1 aliphatic rings. The van der Waals surface area contributed by atoms with Crippen LogP contribution in [0.15, 0.2) is 58.5 Å². The fourth-order valence-electron chi connectivity index (χ4n) is 2.49. The minimum Gasteiger partial charge on any atom is -0.457 e. The van der Waals surface area contributed by atoms with Gasteiger partial charge in [-0.15, -0.1) is 0 Å². The van der Waals surface area contributed by atoms with Gasteiger partial charge in [0.05, 0.1) is 0 Å². The highest BCUT2D eigenvalue weighted by Crippen LogP contribution is 2.25. The van der Waals surface area contributed by atoms with Crippen LogP contribution in [0.5, 0.6) is 11.5 Å². The molecule has 0 aliphatic carbocycles. The van der Waals surface area contributed by atoms with E-state index in [9.17, 15) is 0 Å². The van der Waals surface area contributed by atoms with Crippen LogP contribution in [0.4, 0.5) is 0 Å². The molecular weight excluding hydrogens is 354 g/mol. The molecule has 0 atom stereocenters. The smallest absolute Gasteiger partial charge is 0.226 e.